The maximum absolute atomic E-state index is 11.5. The normalized spacial score (nSPS) is 10.9. The smallest absolute Gasteiger partial charge is 0.336 e. The number of hydrogen-bond donors (Lipinski definition) is 1. The zero-order valence-corrected chi connectivity index (χ0v) is 14.1. The average molecular weight is 314 g/mol. The molecule has 0 spiro atoms. The molecular formula is C20H26O3. The summed E-state index contributed by atoms with van der Waals surface area (Å²) < 4.78 is 5.58. The van der Waals surface area contributed by atoms with Gasteiger partial charge in [0.2, 0.25) is 0 Å². The van der Waals surface area contributed by atoms with Crippen molar-refractivity contribution in [2.45, 2.75) is 51.9 Å². The van der Waals surface area contributed by atoms with E-state index in [4.69, 9.17) is 4.74 Å². The van der Waals surface area contributed by atoms with E-state index in [0.717, 1.165) is 23.8 Å². The lowest BCUT2D eigenvalue weighted by Gasteiger charge is -2.13. The standard InChI is InChI=1S/C20H26O3/c1-3-4-5-6-7-8-10-16-14-13-15-11-9-12-17(20(21)22)18(15)19(16)23-2/h9,11-14H,3-8,10H2,1-2H3,(H,21,22). The average Bonchev–Trinajstić information content (AvgIpc) is 2.56. The molecule has 3 nitrogen and oxygen atoms in total. The fourth-order valence-corrected chi connectivity index (χ4v) is 3.09. The van der Waals surface area contributed by atoms with Crippen molar-refractivity contribution < 1.29 is 14.6 Å². The Morgan fingerprint density at radius 3 is 2.48 bits per heavy atom. The third-order valence-electron chi connectivity index (χ3n) is 4.31. The summed E-state index contributed by atoms with van der Waals surface area (Å²) in [7, 11) is 1.62. The molecule has 2 aromatic rings. The van der Waals surface area contributed by atoms with Crippen LogP contribution >= 0.6 is 0 Å². The number of fused-ring (bicyclic) bond motifs is 1. The monoisotopic (exact) mass is 314 g/mol. The lowest BCUT2D eigenvalue weighted by Crippen LogP contribution is -2.01. The van der Waals surface area contributed by atoms with Gasteiger partial charge in [0, 0.05) is 5.39 Å². The van der Waals surface area contributed by atoms with Crippen molar-refractivity contribution in [3.63, 3.8) is 0 Å². The van der Waals surface area contributed by atoms with Crippen LogP contribution in [0, 0.1) is 0 Å². The van der Waals surface area contributed by atoms with Crippen molar-refractivity contribution in [3.05, 3.63) is 41.5 Å². The van der Waals surface area contributed by atoms with Gasteiger partial charge in [-0.1, -0.05) is 63.3 Å². The van der Waals surface area contributed by atoms with Crippen LogP contribution in [0.15, 0.2) is 30.3 Å². The number of benzene rings is 2. The molecule has 0 fully saturated rings. The number of ether oxygens (including phenoxy) is 1. The number of rotatable bonds is 9. The molecule has 0 atom stereocenters. The Labute approximate surface area is 138 Å². The van der Waals surface area contributed by atoms with Crippen molar-refractivity contribution in [3.8, 4) is 5.75 Å². The van der Waals surface area contributed by atoms with Crippen molar-refractivity contribution in [1.82, 2.24) is 0 Å². The fourth-order valence-electron chi connectivity index (χ4n) is 3.09. The predicted molar refractivity (Wildman–Crippen MR) is 94.5 cm³/mol. The minimum Gasteiger partial charge on any atom is -0.496 e. The number of hydrogen-bond acceptors (Lipinski definition) is 2. The highest BCUT2D eigenvalue weighted by molar-refractivity contribution is 6.06. The molecule has 0 aliphatic rings. The quantitative estimate of drug-likeness (QED) is 0.626. The molecule has 2 aromatic carbocycles. The molecule has 0 amide bonds. The molecule has 0 bridgehead atoms. The topological polar surface area (TPSA) is 46.5 Å². The summed E-state index contributed by atoms with van der Waals surface area (Å²) in [5.41, 5.74) is 1.41. The number of methoxy groups -OCH3 is 1. The molecule has 0 heterocycles. The van der Waals surface area contributed by atoms with Crippen LogP contribution in [0.25, 0.3) is 10.8 Å². The van der Waals surface area contributed by atoms with E-state index in [9.17, 15) is 9.90 Å². The van der Waals surface area contributed by atoms with E-state index < -0.39 is 5.97 Å². The highest BCUT2D eigenvalue weighted by Crippen LogP contribution is 2.33. The van der Waals surface area contributed by atoms with Crippen LogP contribution in [0.2, 0.25) is 0 Å². The number of carboxylic acids is 1. The lowest BCUT2D eigenvalue weighted by atomic mass is 9.97. The maximum Gasteiger partial charge on any atom is 0.336 e. The summed E-state index contributed by atoms with van der Waals surface area (Å²) >= 11 is 0. The van der Waals surface area contributed by atoms with Gasteiger partial charge in [-0.3, -0.25) is 0 Å². The van der Waals surface area contributed by atoms with Gasteiger partial charge in [0.05, 0.1) is 12.7 Å². The van der Waals surface area contributed by atoms with Crippen molar-refractivity contribution >= 4 is 16.7 Å². The van der Waals surface area contributed by atoms with Crippen molar-refractivity contribution in [2.75, 3.05) is 7.11 Å². The van der Waals surface area contributed by atoms with Crippen LogP contribution in [0.5, 0.6) is 5.75 Å². The second-order valence-electron chi connectivity index (χ2n) is 5.98. The molecule has 124 valence electrons. The molecule has 0 aliphatic heterocycles. The van der Waals surface area contributed by atoms with Gasteiger partial charge in [-0.05, 0) is 29.9 Å². The van der Waals surface area contributed by atoms with E-state index in [-0.39, 0.29) is 0 Å². The van der Waals surface area contributed by atoms with Crippen LogP contribution in [0.1, 0.15) is 61.4 Å². The Hall–Kier alpha value is -2.03. The fraction of sp³-hybridized carbons (Fsp3) is 0.450. The molecule has 2 rings (SSSR count). The predicted octanol–water partition coefficient (Wildman–Crippen LogP) is 5.45. The number of carboxylic acid groups (broad SMARTS) is 1. The molecule has 3 heteroatoms. The van der Waals surface area contributed by atoms with E-state index in [0.29, 0.717) is 16.7 Å². The van der Waals surface area contributed by atoms with E-state index >= 15 is 0 Å². The van der Waals surface area contributed by atoms with Gasteiger partial charge in [-0.15, -0.1) is 0 Å². The first-order valence-electron chi connectivity index (χ1n) is 8.51. The molecule has 0 saturated carbocycles. The Morgan fingerprint density at radius 1 is 1.04 bits per heavy atom. The Morgan fingerprint density at radius 2 is 1.78 bits per heavy atom. The zero-order chi connectivity index (χ0) is 16.7. The second kappa shape index (κ2) is 8.56. The molecule has 1 N–H and O–H groups in total. The van der Waals surface area contributed by atoms with Crippen LogP contribution in [0.3, 0.4) is 0 Å². The summed E-state index contributed by atoms with van der Waals surface area (Å²) in [6.45, 7) is 2.22. The summed E-state index contributed by atoms with van der Waals surface area (Å²) in [5, 5.41) is 11.1. The lowest BCUT2D eigenvalue weighted by molar-refractivity contribution is 0.0699. The van der Waals surface area contributed by atoms with Gasteiger partial charge in [-0.25, -0.2) is 4.79 Å². The number of aromatic carboxylic acids is 1. The van der Waals surface area contributed by atoms with Crippen LogP contribution in [-0.4, -0.2) is 18.2 Å². The highest BCUT2D eigenvalue weighted by atomic mass is 16.5. The van der Waals surface area contributed by atoms with Crippen LogP contribution in [0.4, 0.5) is 0 Å². The Kier molecular flexibility index (Phi) is 6.45. The van der Waals surface area contributed by atoms with Crippen molar-refractivity contribution in [1.29, 1.82) is 0 Å². The van der Waals surface area contributed by atoms with Gasteiger partial charge >= 0.3 is 5.97 Å². The van der Waals surface area contributed by atoms with Gasteiger partial charge in [0.25, 0.3) is 0 Å². The summed E-state index contributed by atoms with van der Waals surface area (Å²) in [6, 6.07) is 9.41. The first-order valence-corrected chi connectivity index (χ1v) is 8.51. The minimum absolute atomic E-state index is 0.309. The summed E-state index contributed by atoms with van der Waals surface area (Å²) in [5.74, 6) is -0.195. The van der Waals surface area contributed by atoms with Gasteiger partial charge in [-0.2, -0.15) is 0 Å². The van der Waals surface area contributed by atoms with Gasteiger partial charge in [0.1, 0.15) is 5.75 Å². The molecule has 0 radical (unpaired) electrons. The molecule has 0 aliphatic carbocycles. The van der Waals surface area contributed by atoms with E-state index in [1.807, 2.05) is 12.1 Å². The van der Waals surface area contributed by atoms with Gasteiger partial charge < -0.3 is 9.84 Å². The molecular weight excluding hydrogens is 288 g/mol. The first kappa shape index (κ1) is 17.3. The zero-order valence-electron chi connectivity index (χ0n) is 14.1. The van der Waals surface area contributed by atoms with E-state index in [2.05, 4.69) is 13.0 Å². The largest absolute Gasteiger partial charge is 0.496 e. The van der Waals surface area contributed by atoms with Gasteiger partial charge in [0.15, 0.2) is 0 Å². The number of carbonyl (C=O) groups is 1. The SMILES string of the molecule is CCCCCCCCc1ccc2cccc(C(=O)O)c2c1OC. The third kappa shape index (κ3) is 4.25. The molecule has 23 heavy (non-hydrogen) atoms. The molecule has 0 aromatic heterocycles. The van der Waals surface area contributed by atoms with Crippen molar-refractivity contribution in [2.24, 2.45) is 0 Å². The Bertz CT molecular complexity index is 661. The van der Waals surface area contributed by atoms with Crippen LogP contribution in [-0.2, 0) is 6.42 Å². The highest BCUT2D eigenvalue weighted by Gasteiger charge is 2.15. The van der Waals surface area contributed by atoms with E-state index in [1.165, 1.54) is 32.1 Å². The summed E-state index contributed by atoms with van der Waals surface area (Å²) in [4.78, 5) is 11.5. The Balaban J connectivity index is 2.20. The minimum atomic E-state index is -0.911. The maximum atomic E-state index is 11.5. The number of unbranched alkanes of at least 4 members (excludes halogenated alkanes) is 5. The number of aryl methyl sites for hydroxylation is 1. The first-order chi connectivity index (χ1) is 11.2. The molecule has 0 saturated heterocycles. The molecule has 0 unspecified atom stereocenters. The van der Waals surface area contributed by atoms with E-state index in [1.54, 1.807) is 19.2 Å². The second-order valence-corrected chi connectivity index (χ2v) is 5.98. The third-order valence-corrected chi connectivity index (χ3v) is 4.31. The summed E-state index contributed by atoms with van der Waals surface area (Å²) in [6.07, 6.45) is 8.39. The van der Waals surface area contributed by atoms with Crippen LogP contribution < -0.4 is 4.74 Å².